The summed E-state index contributed by atoms with van der Waals surface area (Å²) in [6.45, 7) is 4.11. The topological polar surface area (TPSA) is 52.4 Å². The van der Waals surface area contributed by atoms with Gasteiger partial charge >= 0.3 is 0 Å². The van der Waals surface area contributed by atoms with Gasteiger partial charge in [0.15, 0.2) is 0 Å². The zero-order valence-electron chi connectivity index (χ0n) is 17.3. The van der Waals surface area contributed by atoms with E-state index in [2.05, 4.69) is 55.5 Å². The van der Waals surface area contributed by atoms with Crippen molar-refractivity contribution >= 4 is 27.2 Å². The van der Waals surface area contributed by atoms with Crippen LogP contribution in [0.3, 0.4) is 0 Å². The maximum Gasteiger partial charge on any atom is 0.269 e. The largest absolute Gasteiger partial charge is 0.490 e. The summed E-state index contributed by atoms with van der Waals surface area (Å²) in [5.41, 5.74) is 2.92. The van der Waals surface area contributed by atoms with E-state index >= 15 is 0 Å². The molecular formula is C27H24NO3. The smallest absolute Gasteiger partial charge is 0.269 e. The SMILES string of the molecule is [CH2]CC(Oc1ccc([N+](=O)[O-])cc1)C1CCc2c(ccc3c2ccc2ccccc23)C1. The molecule has 0 fully saturated rings. The fourth-order valence-electron chi connectivity index (χ4n) is 4.93. The highest BCUT2D eigenvalue weighted by molar-refractivity contribution is 6.08. The summed E-state index contributed by atoms with van der Waals surface area (Å²) in [5.74, 6) is 1.04. The number of nitro groups is 1. The van der Waals surface area contributed by atoms with Gasteiger partial charge in [-0.1, -0.05) is 48.5 Å². The van der Waals surface area contributed by atoms with Gasteiger partial charge in [-0.05, 0) is 77.4 Å². The van der Waals surface area contributed by atoms with Crippen LogP contribution in [-0.4, -0.2) is 11.0 Å². The Balaban J connectivity index is 1.40. The molecule has 0 amide bonds. The lowest BCUT2D eigenvalue weighted by Crippen LogP contribution is -2.31. The van der Waals surface area contributed by atoms with Crippen molar-refractivity contribution in [3.8, 4) is 5.75 Å². The van der Waals surface area contributed by atoms with Crippen molar-refractivity contribution in [2.45, 2.75) is 31.8 Å². The van der Waals surface area contributed by atoms with Crippen molar-refractivity contribution in [1.29, 1.82) is 0 Å². The minimum absolute atomic E-state index is 0.0121. The number of hydrogen-bond donors (Lipinski definition) is 0. The zero-order chi connectivity index (χ0) is 21.4. The fourth-order valence-corrected chi connectivity index (χ4v) is 4.93. The minimum atomic E-state index is -0.395. The van der Waals surface area contributed by atoms with Crippen LogP contribution in [0.15, 0.2) is 72.8 Å². The number of ether oxygens (including phenoxy) is 1. The molecule has 0 heterocycles. The lowest BCUT2D eigenvalue weighted by Gasteiger charge is -2.32. The third-order valence-electron chi connectivity index (χ3n) is 6.53. The van der Waals surface area contributed by atoms with E-state index in [0.29, 0.717) is 18.1 Å². The fraction of sp³-hybridized carbons (Fsp3) is 0.222. The number of non-ortho nitro benzene ring substituents is 1. The summed E-state index contributed by atoms with van der Waals surface area (Å²) in [6.07, 6.45) is 3.68. The van der Waals surface area contributed by atoms with Crippen LogP contribution in [-0.2, 0) is 12.8 Å². The van der Waals surface area contributed by atoms with E-state index in [-0.39, 0.29) is 11.8 Å². The number of nitro benzene ring substituents is 1. The number of nitrogens with zero attached hydrogens (tertiary/aromatic N) is 1. The quantitative estimate of drug-likeness (QED) is 0.209. The van der Waals surface area contributed by atoms with Gasteiger partial charge in [-0.2, -0.15) is 0 Å². The average molecular weight is 410 g/mol. The Morgan fingerprint density at radius 1 is 0.968 bits per heavy atom. The van der Waals surface area contributed by atoms with Gasteiger partial charge in [-0.15, -0.1) is 0 Å². The molecule has 1 radical (unpaired) electrons. The van der Waals surface area contributed by atoms with Crippen LogP contribution >= 0.6 is 0 Å². The summed E-state index contributed by atoms with van der Waals surface area (Å²) in [4.78, 5) is 10.5. The van der Waals surface area contributed by atoms with Gasteiger partial charge < -0.3 is 4.74 Å². The van der Waals surface area contributed by atoms with E-state index in [1.807, 2.05) is 0 Å². The first-order chi connectivity index (χ1) is 15.1. The summed E-state index contributed by atoms with van der Waals surface area (Å²) in [7, 11) is 0. The molecule has 1 aliphatic carbocycles. The molecule has 4 aromatic rings. The molecule has 0 spiro atoms. The zero-order valence-corrected chi connectivity index (χ0v) is 17.3. The first kappa shape index (κ1) is 19.6. The first-order valence-corrected chi connectivity index (χ1v) is 10.8. The molecule has 0 aliphatic heterocycles. The van der Waals surface area contributed by atoms with Crippen molar-refractivity contribution in [2.24, 2.45) is 5.92 Å². The summed E-state index contributed by atoms with van der Waals surface area (Å²) < 4.78 is 6.21. The van der Waals surface area contributed by atoms with Crippen LogP contribution in [0.25, 0.3) is 21.5 Å². The van der Waals surface area contributed by atoms with Crippen LogP contribution in [0, 0.1) is 23.0 Å². The highest BCUT2D eigenvalue weighted by Crippen LogP contribution is 2.37. The number of benzene rings is 4. The number of rotatable bonds is 5. The Kier molecular flexibility index (Phi) is 5.06. The second-order valence-electron chi connectivity index (χ2n) is 8.28. The van der Waals surface area contributed by atoms with Gasteiger partial charge in [0.05, 0.1) is 4.92 Å². The maximum atomic E-state index is 10.9. The van der Waals surface area contributed by atoms with Crippen LogP contribution in [0.1, 0.15) is 24.0 Å². The third kappa shape index (κ3) is 3.63. The Bertz CT molecular complexity index is 1260. The van der Waals surface area contributed by atoms with Crippen molar-refractivity contribution in [3.63, 3.8) is 0 Å². The van der Waals surface area contributed by atoms with Gasteiger partial charge in [0.1, 0.15) is 11.9 Å². The first-order valence-electron chi connectivity index (χ1n) is 10.8. The van der Waals surface area contributed by atoms with Gasteiger partial charge in [0, 0.05) is 18.1 Å². The van der Waals surface area contributed by atoms with Gasteiger partial charge in [0.2, 0.25) is 0 Å². The van der Waals surface area contributed by atoms with E-state index in [4.69, 9.17) is 4.74 Å². The molecular weight excluding hydrogens is 386 g/mol. The number of fused-ring (bicyclic) bond motifs is 5. The molecule has 155 valence electrons. The molecule has 4 aromatic carbocycles. The van der Waals surface area contributed by atoms with Crippen molar-refractivity contribution in [3.05, 3.63) is 101 Å². The molecule has 4 nitrogen and oxygen atoms in total. The van der Waals surface area contributed by atoms with Crippen molar-refractivity contribution in [1.82, 2.24) is 0 Å². The molecule has 0 bridgehead atoms. The Labute approximate surface area is 181 Å². The molecule has 0 saturated carbocycles. The van der Waals surface area contributed by atoms with Crippen molar-refractivity contribution < 1.29 is 9.66 Å². The lowest BCUT2D eigenvalue weighted by molar-refractivity contribution is -0.384. The van der Waals surface area contributed by atoms with E-state index in [9.17, 15) is 10.1 Å². The normalized spacial score (nSPS) is 16.7. The molecule has 4 heteroatoms. The molecule has 5 rings (SSSR count). The lowest BCUT2D eigenvalue weighted by atomic mass is 9.78. The maximum absolute atomic E-state index is 10.9. The third-order valence-corrected chi connectivity index (χ3v) is 6.53. The number of hydrogen-bond acceptors (Lipinski definition) is 3. The highest BCUT2D eigenvalue weighted by atomic mass is 16.6. The summed E-state index contributed by atoms with van der Waals surface area (Å²) in [6, 6.07) is 23.9. The molecule has 0 aromatic heterocycles. The monoisotopic (exact) mass is 410 g/mol. The highest BCUT2D eigenvalue weighted by Gasteiger charge is 2.28. The molecule has 31 heavy (non-hydrogen) atoms. The number of aryl methyl sites for hydroxylation is 1. The molecule has 2 atom stereocenters. The van der Waals surface area contributed by atoms with E-state index < -0.39 is 4.92 Å². The second kappa shape index (κ2) is 8.03. The second-order valence-corrected chi connectivity index (χ2v) is 8.28. The van der Waals surface area contributed by atoms with E-state index in [1.165, 1.54) is 44.8 Å². The van der Waals surface area contributed by atoms with Crippen molar-refractivity contribution in [2.75, 3.05) is 0 Å². The van der Waals surface area contributed by atoms with Crippen LogP contribution < -0.4 is 4.74 Å². The van der Waals surface area contributed by atoms with Crippen LogP contribution in [0.5, 0.6) is 5.75 Å². The van der Waals surface area contributed by atoms with Gasteiger partial charge in [-0.3, -0.25) is 10.1 Å². The van der Waals surface area contributed by atoms with Gasteiger partial charge in [0.25, 0.3) is 5.69 Å². The molecule has 2 unspecified atom stereocenters. The minimum Gasteiger partial charge on any atom is -0.490 e. The predicted octanol–water partition coefficient (Wildman–Crippen LogP) is 6.68. The van der Waals surface area contributed by atoms with Gasteiger partial charge in [-0.25, -0.2) is 0 Å². The Morgan fingerprint density at radius 3 is 2.52 bits per heavy atom. The molecule has 1 aliphatic rings. The van der Waals surface area contributed by atoms with E-state index in [1.54, 1.807) is 12.1 Å². The Morgan fingerprint density at radius 2 is 1.74 bits per heavy atom. The Hall–Kier alpha value is -3.40. The summed E-state index contributed by atoms with van der Waals surface area (Å²) in [5, 5.41) is 16.1. The van der Waals surface area contributed by atoms with Crippen LogP contribution in [0.4, 0.5) is 5.69 Å². The van der Waals surface area contributed by atoms with Crippen LogP contribution in [0.2, 0.25) is 0 Å². The predicted molar refractivity (Wildman–Crippen MR) is 124 cm³/mol. The molecule has 0 N–H and O–H groups in total. The summed E-state index contributed by atoms with van der Waals surface area (Å²) >= 11 is 0. The molecule has 0 saturated heterocycles. The van der Waals surface area contributed by atoms with E-state index in [0.717, 1.165) is 19.3 Å². The average Bonchev–Trinajstić information content (AvgIpc) is 2.82. The standard InChI is InChI=1S/C27H24NO3/c1-2-27(31-22-12-10-21(11-13-22)28(29)30)20-9-14-24-19(17-20)8-16-25-23-6-4-3-5-18(23)7-15-26(24)25/h3-8,10-13,15-16,20,27H,1-2,9,14,17H2.